The summed E-state index contributed by atoms with van der Waals surface area (Å²) in [5.41, 5.74) is -0.603. The highest BCUT2D eigenvalue weighted by molar-refractivity contribution is 6.06. The van der Waals surface area contributed by atoms with E-state index in [1.165, 1.54) is 18.4 Å². The first-order chi connectivity index (χ1) is 9.49. The number of carbonyl (C=O) groups is 2. The molecule has 0 saturated heterocycles. The quantitative estimate of drug-likeness (QED) is 0.833. The summed E-state index contributed by atoms with van der Waals surface area (Å²) in [5.74, 6) is -5.67. The monoisotopic (exact) mass is 284 g/mol. The summed E-state index contributed by atoms with van der Waals surface area (Å²) in [6, 6.07) is 3.09. The Morgan fingerprint density at radius 3 is 2.45 bits per heavy atom. The Hall–Kier alpha value is -2.77. The number of rotatable bonds is 2. The van der Waals surface area contributed by atoms with Gasteiger partial charge >= 0.3 is 6.03 Å². The van der Waals surface area contributed by atoms with Crippen molar-refractivity contribution in [3.05, 3.63) is 53.7 Å². The van der Waals surface area contributed by atoms with Crippen molar-refractivity contribution in [3.63, 3.8) is 0 Å². The second-order valence-corrected chi connectivity index (χ2v) is 3.61. The summed E-state index contributed by atoms with van der Waals surface area (Å²) in [6.07, 6.45) is 1.22. The third-order valence-corrected chi connectivity index (χ3v) is 2.26. The normalized spacial score (nSPS) is 10.2. The van der Waals surface area contributed by atoms with Crippen molar-refractivity contribution in [3.8, 4) is 0 Å². The Kier molecular flexibility index (Phi) is 3.74. The van der Waals surface area contributed by atoms with Crippen molar-refractivity contribution in [1.29, 1.82) is 0 Å². The van der Waals surface area contributed by atoms with E-state index in [0.717, 1.165) is 6.07 Å². The highest BCUT2D eigenvalue weighted by Gasteiger charge is 2.17. The highest BCUT2D eigenvalue weighted by atomic mass is 19.2. The largest absolute Gasteiger partial charge is 0.459 e. The number of benzene rings is 1. The zero-order valence-corrected chi connectivity index (χ0v) is 9.75. The van der Waals surface area contributed by atoms with Gasteiger partial charge in [0.05, 0.1) is 12.0 Å². The molecule has 0 unspecified atom stereocenters. The zero-order valence-electron chi connectivity index (χ0n) is 9.75. The molecule has 0 radical (unpaired) electrons. The first kappa shape index (κ1) is 13.7. The van der Waals surface area contributed by atoms with Gasteiger partial charge in [0.25, 0.3) is 5.91 Å². The van der Waals surface area contributed by atoms with Gasteiger partial charge < -0.3 is 9.73 Å². The van der Waals surface area contributed by atoms with Gasteiger partial charge in [0.15, 0.2) is 23.2 Å². The van der Waals surface area contributed by atoms with Gasteiger partial charge in [-0.05, 0) is 24.3 Å². The van der Waals surface area contributed by atoms with E-state index in [2.05, 4.69) is 0 Å². The molecule has 0 aliphatic rings. The number of hydrogen-bond acceptors (Lipinski definition) is 3. The number of amides is 3. The van der Waals surface area contributed by atoms with E-state index in [1.54, 1.807) is 0 Å². The van der Waals surface area contributed by atoms with E-state index in [1.807, 2.05) is 10.6 Å². The van der Waals surface area contributed by atoms with Gasteiger partial charge in [0.2, 0.25) is 0 Å². The fraction of sp³-hybridized carbons (Fsp3) is 0. The Morgan fingerprint density at radius 2 is 1.80 bits per heavy atom. The summed E-state index contributed by atoms with van der Waals surface area (Å²) in [7, 11) is 0. The molecule has 104 valence electrons. The highest BCUT2D eigenvalue weighted by Crippen LogP contribution is 2.19. The van der Waals surface area contributed by atoms with Crippen LogP contribution in [0.5, 0.6) is 0 Å². The average Bonchev–Trinajstić information content (AvgIpc) is 2.93. The van der Waals surface area contributed by atoms with Crippen molar-refractivity contribution in [2.24, 2.45) is 0 Å². The van der Waals surface area contributed by atoms with Crippen LogP contribution in [-0.4, -0.2) is 11.9 Å². The molecule has 2 aromatic rings. The van der Waals surface area contributed by atoms with Crippen LogP contribution >= 0.6 is 0 Å². The molecule has 0 saturated carbocycles. The van der Waals surface area contributed by atoms with Gasteiger partial charge in [-0.3, -0.25) is 10.1 Å². The van der Waals surface area contributed by atoms with Crippen molar-refractivity contribution in [2.45, 2.75) is 0 Å². The van der Waals surface area contributed by atoms with E-state index in [0.29, 0.717) is 6.07 Å². The van der Waals surface area contributed by atoms with Crippen LogP contribution in [0.2, 0.25) is 0 Å². The van der Waals surface area contributed by atoms with E-state index < -0.39 is 35.1 Å². The van der Waals surface area contributed by atoms with Crippen LogP contribution < -0.4 is 10.6 Å². The van der Waals surface area contributed by atoms with Gasteiger partial charge in [-0.1, -0.05) is 0 Å². The maximum Gasteiger partial charge on any atom is 0.326 e. The summed E-state index contributed by atoms with van der Waals surface area (Å²) >= 11 is 0. The van der Waals surface area contributed by atoms with Crippen LogP contribution in [0, 0.1) is 17.5 Å². The average molecular weight is 284 g/mol. The Labute approximate surface area is 110 Å². The van der Waals surface area contributed by atoms with Gasteiger partial charge in [0, 0.05) is 0 Å². The molecular weight excluding hydrogens is 277 g/mol. The first-order valence-corrected chi connectivity index (χ1v) is 5.28. The predicted molar refractivity (Wildman–Crippen MR) is 61.5 cm³/mol. The lowest BCUT2D eigenvalue weighted by Gasteiger charge is -2.07. The van der Waals surface area contributed by atoms with E-state index in [-0.39, 0.29) is 5.76 Å². The molecule has 0 aliphatic heterocycles. The molecule has 0 bridgehead atoms. The van der Waals surface area contributed by atoms with Crippen LogP contribution in [0.4, 0.5) is 23.7 Å². The molecule has 1 aromatic carbocycles. The molecular formula is C12H7F3N2O3. The number of furan rings is 1. The lowest BCUT2D eigenvalue weighted by Crippen LogP contribution is -2.34. The lowest BCUT2D eigenvalue weighted by molar-refractivity contribution is 0.0940. The fourth-order valence-corrected chi connectivity index (χ4v) is 1.35. The van der Waals surface area contributed by atoms with E-state index in [4.69, 9.17) is 4.42 Å². The molecule has 0 atom stereocenters. The molecule has 20 heavy (non-hydrogen) atoms. The van der Waals surface area contributed by atoms with Gasteiger partial charge in [-0.25, -0.2) is 18.0 Å². The Morgan fingerprint density at radius 1 is 1.05 bits per heavy atom. The molecule has 0 aliphatic carbocycles. The molecule has 0 fully saturated rings. The molecule has 1 aromatic heterocycles. The van der Waals surface area contributed by atoms with Crippen molar-refractivity contribution in [2.75, 3.05) is 5.32 Å². The summed E-state index contributed by atoms with van der Waals surface area (Å²) in [6.45, 7) is 0. The molecule has 3 amide bonds. The number of hydrogen-bond donors (Lipinski definition) is 2. The minimum atomic E-state index is -1.72. The number of anilines is 1. The van der Waals surface area contributed by atoms with E-state index >= 15 is 0 Å². The number of carbonyl (C=O) groups excluding carboxylic acids is 2. The van der Waals surface area contributed by atoms with Crippen molar-refractivity contribution >= 4 is 17.6 Å². The zero-order chi connectivity index (χ0) is 14.7. The fourth-order valence-electron chi connectivity index (χ4n) is 1.35. The number of imide groups is 1. The molecule has 8 heteroatoms. The van der Waals surface area contributed by atoms with Crippen LogP contribution in [0.15, 0.2) is 34.9 Å². The molecule has 2 N–H and O–H groups in total. The third kappa shape index (κ3) is 2.79. The third-order valence-electron chi connectivity index (χ3n) is 2.26. The summed E-state index contributed by atoms with van der Waals surface area (Å²) < 4.78 is 43.6. The molecule has 5 nitrogen and oxygen atoms in total. The standard InChI is InChI=1S/C12H7F3N2O3/c13-6-3-4-7(10(15)9(6)14)16-12(19)17-11(18)8-2-1-5-20-8/h1-5H,(H2,16,17,18,19). The topological polar surface area (TPSA) is 71.3 Å². The predicted octanol–water partition coefficient (Wildman–Crippen LogP) is 2.66. The summed E-state index contributed by atoms with van der Waals surface area (Å²) in [4.78, 5) is 22.8. The molecule has 2 rings (SSSR count). The van der Waals surface area contributed by atoms with Crippen LogP contribution in [0.25, 0.3) is 0 Å². The van der Waals surface area contributed by atoms with Crippen LogP contribution in [-0.2, 0) is 0 Å². The number of urea groups is 1. The maximum atomic E-state index is 13.3. The number of nitrogens with one attached hydrogen (secondary N) is 2. The first-order valence-electron chi connectivity index (χ1n) is 5.28. The van der Waals surface area contributed by atoms with Gasteiger partial charge in [-0.15, -0.1) is 0 Å². The lowest BCUT2D eigenvalue weighted by atomic mass is 10.3. The van der Waals surface area contributed by atoms with Crippen LogP contribution in [0.3, 0.4) is 0 Å². The maximum absolute atomic E-state index is 13.3. The van der Waals surface area contributed by atoms with Crippen LogP contribution in [0.1, 0.15) is 10.6 Å². The van der Waals surface area contributed by atoms with Gasteiger partial charge in [-0.2, -0.15) is 0 Å². The van der Waals surface area contributed by atoms with Gasteiger partial charge in [0.1, 0.15) is 0 Å². The Balaban J connectivity index is 2.05. The molecule has 1 heterocycles. The van der Waals surface area contributed by atoms with E-state index in [9.17, 15) is 22.8 Å². The van der Waals surface area contributed by atoms with Crippen molar-refractivity contribution in [1.82, 2.24) is 5.32 Å². The second kappa shape index (κ2) is 5.47. The second-order valence-electron chi connectivity index (χ2n) is 3.61. The SMILES string of the molecule is O=C(NC(=O)c1ccco1)Nc1ccc(F)c(F)c1F. The van der Waals surface area contributed by atoms with Crippen molar-refractivity contribution < 1.29 is 27.2 Å². The minimum Gasteiger partial charge on any atom is -0.459 e. The minimum absolute atomic E-state index is 0.133. The Bertz CT molecular complexity index is 656. The summed E-state index contributed by atoms with van der Waals surface area (Å²) in [5, 5.41) is 3.70. The number of halogens is 3. The smallest absolute Gasteiger partial charge is 0.326 e. The molecule has 0 spiro atoms.